The van der Waals surface area contributed by atoms with E-state index >= 15 is 0 Å². The minimum Gasteiger partial charge on any atom is -0.390 e. The number of nitrogens with two attached hydrogens (primary N) is 1. The Bertz CT molecular complexity index is 1230. The molecular formula is C21H19ClN4O2S. The van der Waals surface area contributed by atoms with E-state index in [1.807, 2.05) is 49.3 Å². The molecule has 0 amide bonds. The lowest BCUT2D eigenvalue weighted by atomic mass is 10.0. The number of rotatable bonds is 4. The molecule has 0 unspecified atom stereocenters. The summed E-state index contributed by atoms with van der Waals surface area (Å²) < 4.78 is 1.55. The summed E-state index contributed by atoms with van der Waals surface area (Å²) in [4.78, 5) is 32.5. The first-order valence-electron chi connectivity index (χ1n) is 8.65. The first-order valence-corrected chi connectivity index (χ1v) is 9.46. The highest BCUT2D eigenvalue weighted by molar-refractivity contribution is 7.22. The van der Waals surface area contributed by atoms with Crippen molar-refractivity contribution in [3.05, 3.63) is 82.3 Å². The van der Waals surface area contributed by atoms with Gasteiger partial charge in [-0.15, -0.1) is 12.4 Å². The summed E-state index contributed by atoms with van der Waals surface area (Å²) in [6, 6.07) is 15.8. The van der Waals surface area contributed by atoms with Crippen LogP contribution in [0.5, 0.6) is 0 Å². The largest absolute Gasteiger partial charge is 0.390 e. The summed E-state index contributed by atoms with van der Waals surface area (Å²) in [7, 11) is 3.80. The zero-order valence-corrected chi connectivity index (χ0v) is 17.5. The van der Waals surface area contributed by atoms with Gasteiger partial charge in [-0.1, -0.05) is 41.7 Å². The normalized spacial score (nSPS) is 10.6. The third kappa shape index (κ3) is 3.62. The number of fused-ring (bicyclic) bond motifs is 1. The first-order chi connectivity index (χ1) is 13.5. The summed E-state index contributed by atoms with van der Waals surface area (Å²) in [6.07, 6.45) is 1.64. The van der Waals surface area contributed by atoms with E-state index in [0.717, 1.165) is 5.82 Å². The van der Waals surface area contributed by atoms with Crippen molar-refractivity contribution >= 4 is 50.6 Å². The number of carbonyl (C=O) groups excluding carboxylic acids is 1. The summed E-state index contributed by atoms with van der Waals surface area (Å²) in [5.74, 6) is 0.630. The van der Waals surface area contributed by atoms with E-state index < -0.39 is 0 Å². The van der Waals surface area contributed by atoms with E-state index in [1.165, 1.54) is 17.4 Å². The summed E-state index contributed by atoms with van der Waals surface area (Å²) in [5, 5.41) is 1.05. The van der Waals surface area contributed by atoms with Crippen LogP contribution in [0.3, 0.4) is 0 Å². The van der Waals surface area contributed by atoms with Gasteiger partial charge in [0.15, 0.2) is 5.78 Å². The lowest BCUT2D eigenvalue weighted by molar-refractivity contribution is 0.104. The second-order valence-corrected chi connectivity index (χ2v) is 7.56. The zero-order chi connectivity index (χ0) is 19.8. The molecule has 0 bridgehead atoms. The molecule has 0 atom stereocenters. The highest BCUT2D eigenvalue weighted by atomic mass is 35.5. The van der Waals surface area contributed by atoms with E-state index in [2.05, 4.69) is 4.98 Å². The lowest BCUT2D eigenvalue weighted by Crippen LogP contribution is -2.17. The number of anilines is 2. The molecular weight excluding hydrogens is 408 g/mol. The van der Waals surface area contributed by atoms with Gasteiger partial charge >= 0.3 is 0 Å². The van der Waals surface area contributed by atoms with Crippen molar-refractivity contribution in [3.63, 3.8) is 0 Å². The first kappa shape index (κ1) is 20.6. The monoisotopic (exact) mass is 426 g/mol. The van der Waals surface area contributed by atoms with Crippen molar-refractivity contribution in [2.24, 2.45) is 0 Å². The maximum atomic E-state index is 13.0. The Morgan fingerprint density at radius 3 is 2.41 bits per heavy atom. The van der Waals surface area contributed by atoms with Crippen LogP contribution < -0.4 is 16.2 Å². The minimum atomic E-state index is -0.202. The molecule has 0 aliphatic carbocycles. The molecule has 4 rings (SSSR count). The lowest BCUT2D eigenvalue weighted by Gasteiger charge is -2.12. The number of thiophene rings is 1. The number of halogens is 1. The average molecular weight is 427 g/mol. The van der Waals surface area contributed by atoms with Gasteiger partial charge in [-0.2, -0.15) is 0 Å². The van der Waals surface area contributed by atoms with Crippen molar-refractivity contribution in [1.29, 1.82) is 0 Å². The fourth-order valence-electron chi connectivity index (χ4n) is 3.09. The van der Waals surface area contributed by atoms with Gasteiger partial charge in [0.1, 0.15) is 10.6 Å². The van der Waals surface area contributed by atoms with Gasteiger partial charge < -0.3 is 10.6 Å². The van der Waals surface area contributed by atoms with Gasteiger partial charge in [0.2, 0.25) is 0 Å². The standard InChI is InChI=1S/C21H18N4O2S.ClH/c1-24(2)16-10-8-14(12-23-16)25-17(26)11-9-15-18(20(22)28-21(15)25)19(27)13-6-4-3-5-7-13;/h3-12H,22H2,1-2H3;1H. The maximum absolute atomic E-state index is 13.0. The molecule has 0 saturated carbocycles. The number of hydrogen-bond acceptors (Lipinski definition) is 6. The molecule has 0 fully saturated rings. The van der Waals surface area contributed by atoms with Crippen molar-refractivity contribution in [2.45, 2.75) is 0 Å². The molecule has 6 nitrogen and oxygen atoms in total. The Morgan fingerprint density at radius 2 is 1.79 bits per heavy atom. The van der Waals surface area contributed by atoms with Crippen LogP contribution in [0.1, 0.15) is 15.9 Å². The van der Waals surface area contributed by atoms with Gasteiger partial charge in [-0.25, -0.2) is 4.98 Å². The van der Waals surface area contributed by atoms with E-state index in [4.69, 9.17) is 5.73 Å². The summed E-state index contributed by atoms with van der Waals surface area (Å²) in [6.45, 7) is 0. The van der Waals surface area contributed by atoms with Crippen molar-refractivity contribution in [3.8, 4) is 5.69 Å². The van der Waals surface area contributed by atoms with E-state index in [-0.39, 0.29) is 23.7 Å². The molecule has 3 aromatic heterocycles. The number of ketones is 1. The third-order valence-electron chi connectivity index (χ3n) is 4.48. The van der Waals surface area contributed by atoms with Gasteiger partial charge in [0.05, 0.1) is 22.4 Å². The van der Waals surface area contributed by atoms with Gasteiger partial charge in [-0.05, 0) is 18.2 Å². The van der Waals surface area contributed by atoms with Crippen LogP contribution >= 0.6 is 23.7 Å². The molecule has 8 heteroatoms. The molecule has 0 spiro atoms. The van der Waals surface area contributed by atoms with E-state index in [9.17, 15) is 9.59 Å². The fourth-order valence-corrected chi connectivity index (χ4v) is 4.17. The topological polar surface area (TPSA) is 81.2 Å². The Morgan fingerprint density at radius 1 is 1.07 bits per heavy atom. The highest BCUT2D eigenvalue weighted by Crippen LogP contribution is 2.35. The van der Waals surface area contributed by atoms with E-state index in [0.29, 0.717) is 32.0 Å². The Kier molecular flexibility index (Phi) is 5.72. The molecule has 29 heavy (non-hydrogen) atoms. The van der Waals surface area contributed by atoms with Crippen molar-refractivity contribution in [2.75, 3.05) is 24.7 Å². The van der Waals surface area contributed by atoms with E-state index in [1.54, 1.807) is 29.0 Å². The predicted octanol–water partition coefficient (Wildman–Crippen LogP) is 3.75. The van der Waals surface area contributed by atoms with Gasteiger partial charge in [0.25, 0.3) is 5.56 Å². The smallest absolute Gasteiger partial charge is 0.256 e. The number of hydrogen-bond donors (Lipinski definition) is 1. The second-order valence-electron chi connectivity index (χ2n) is 6.53. The van der Waals surface area contributed by atoms with Crippen LogP contribution in [0.15, 0.2) is 65.6 Å². The molecule has 0 aliphatic rings. The number of benzene rings is 1. The third-order valence-corrected chi connectivity index (χ3v) is 5.50. The summed E-state index contributed by atoms with van der Waals surface area (Å²) in [5.41, 5.74) is 7.62. The number of carbonyl (C=O) groups is 1. The molecule has 0 radical (unpaired) electrons. The highest BCUT2D eigenvalue weighted by Gasteiger charge is 2.21. The molecule has 1 aromatic carbocycles. The molecule has 2 N–H and O–H groups in total. The maximum Gasteiger partial charge on any atom is 0.256 e. The molecule has 0 aliphatic heterocycles. The molecule has 3 heterocycles. The number of nitrogen functional groups attached to an aromatic ring is 1. The SMILES string of the molecule is CN(C)c1ccc(-n2c(=O)ccc3c(C(=O)c4ccccc4)c(N)sc32)cn1.Cl. The molecule has 148 valence electrons. The van der Waals surface area contributed by atoms with Crippen LogP contribution in [0.25, 0.3) is 15.9 Å². The van der Waals surface area contributed by atoms with Gasteiger partial charge in [0, 0.05) is 31.1 Å². The van der Waals surface area contributed by atoms with Crippen molar-refractivity contribution in [1.82, 2.24) is 9.55 Å². The Labute approximate surface area is 177 Å². The zero-order valence-electron chi connectivity index (χ0n) is 15.8. The fraction of sp³-hybridized carbons (Fsp3) is 0.0952. The summed E-state index contributed by atoms with van der Waals surface area (Å²) >= 11 is 1.23. The number of aromatic nitrogens is 2. The molecule has 4 aromatic rings. The van der Waals surface area contributed by atoms with Gasteiger partial charge in [-0.3, -0.25) is 14.2 Å². The minimum absolute atomic E-state index is 0. The molecule has 0 saturated heterocycles. The quantitative estimate of drug-likeness (QED) is 0.502. The van der Waals surface area contributed by atoms with Crippen LogP contribution in [-0.4, -0.2) is 29.4 Å². The number of nitrogens with zero attached hydrogens (tertiary/aromatic N) is 3. The van der Waals surface area contributed by atoms with Crippen LogP contribution in [0.2, 0.25) is 0 Å². The second kappa shape index (κ2) is 8.06. The Hall–Kier alpha value is -3.16. The average Bonchev–Trinajstić information content (AvgIpc) is 3.03. The van der Waals surface area contributed by atoms with Crippen LogP contribution in [-0.2, 0) is 0 Å². The van der Waals surface area contributed by atoms with Crippen LogP contribution in [0, 0.1) is 0 Å². The predicted molar refractivity (Wildman–Crippen MR) is 121 cm³/mol. The van der Waals surface area contributed by atoms with Crippen LogP contribution in [0.4, 0.5) is 10.8 Å². The van der Waals surface area contributed by atoms with Crippen molar-refractivity contribution < 1.29 is 4.79 Å². The Balaban J connectivity index is 0.00000240. The number of pyridine rings is 2.